The summed E-state index contributed by atoms with van der Waals surface area (Å²) < 4.78 is 0. The van der Waals surface area contributed by atoms with Crippen LogP contribution in [0.5, 0.6) is 0 Å². The van der Waals surface area contributed by atoms with Crippen molar-refractivity contribution in [1.29, 1.82) is 5.26 Å². The summed E-state index contributed by atoms with van der Waals surface area (Å²) in [5.74, 6) is -0.899. The fraction of sp³-hybridized carbons (Fsp3) is 0.400. The second-order valence-electron chi connectivity index (χ2n) is 5.34. The molecule has 8 heteroatoms. The maximum atomic E-state index is 12.2. The van der Waals surface area contributed by atoms with Crippen LogP contribution < -0.4 is 10.6 Å². The third kappa shape index (κ3) is 5.74. The van der Waals surface area contributed by atoms with Crippen molar-refractivity contribution in [3.63, 3.8) is 0 Å². The van der Waals surface area contributed by atoms with E-state index >= 15 is 0 Å². The minimum Gasteiger partial charge on any atom is -0.341 e. The Labute approximate surface area is 133 Å². The van der Waals surface area contributed by atoms with Crippen molar-refractivity contribution in [1.82, 2.24) is 10.6 Å². The van der Waals surface area contributed by atoms with Crippen molar-refractivity contribution in [3.05, 3.63) is 39.9 Å². The van der Waals surface area contributed by atoms with Gasteiger partial charge in [0.05, 0.1) is 11.0 Å². The maximum absolute atomic E-state index is 12.2. The summed E-state index contributed by atoms with van der Waals surface area (Å²) in [6, 6.07) is 6.25. The molecule has 0 saturated carbocycles. The predicted octanol–water partition coefficient (Wildman–Crippen LogP) is 1.38. The number of carbonyl (C=O) groups excluding carboxylic acids is 2. The van der Waals surface area contributed by atoms with Crippen LogP contribution in [0.1, 0.15) is 30.6 Å². The zero-order chi connectivity index (χ0) is 17.4. The third-order valence-corrected chi connectivity index (χ3v) is 2.99. The van der Waals surface area contributed by atoms with E-state index < -0.39 is 22.8 Å². The quantitative estimate of drug-likeness (QED) is 0.446. The van der Waals surface area contributed by atoms with E-state index in [4.69, 9.17) is 5.26 Å². The molecule has 2 N–H and O–H groups in total. The molecular formula is C15H18N4O4. The van der Waals surface area contributed by atoms with Crippen molar-refractivity contribution in [3.8, 4) is 6.07 Å². The molecule has 0 aliphatic heterocycles. The minimum absolute atomic E-state index is 0.0982. The average Bonchev–Trinajstić information content (AvgIpc) is 2.51. The molecule has 0 bridgehead atoms. The molecular weight excluding hydrogens is 300 g/mol. The summed E-state index contributed by atoms with van der Waals surface area (Å²) >= 11 is 0. The lowest BCUT2D eigenvalue weighted by molar-refractivity contribution is -0.384. The second kappa shape index (κ2) is 8.48. The van der Waals surface area contributed by atoms with Crippen LogP contribution in [-0.4, -0.2) is 29.3 Å². The number of amides is 2. The Hall–Kier alpha value is -2.95. The summed E-state index contributed by atoms with van der Waals surface area (Å²) in [6.45, 7) is 3.63. The molecule has 122 valence electrons. The smallest absolute Gasteiger partial charge is 0.270 e. The van der Waals surface area contributed by atoms with Gasteiger partial charge in [-0.2, -0.15) is 5.26 Å². The number of nitrogens with one attached hydrogen (secondary N) is 2. The first-order valence-corrected chi connectivity index (χ1v) is 7.05. The van der Waals surface area contributed by atoms with Gasteiger partial charge in [-0.15, -0.1) is 0 Å². The van der Waals surface area contributed by atoms with Crippen molar-refractivity contribution >= 4 is 17.5 Å². The summed E-state index contributed by atoms with van der Waals surface area (Å²) in [7, 11) is 0. The number of hydrogen-bond donors (Lipinski definition) is 2. The van der Waals surface area contributed by atoms with Crippen LogP contribution in [0.2, 0.25) is 0 Å². The Kier molecular flexibility index (Phi) is 6.68. The monoisotopic (exact) mass is 318 g/mol. The number of hydrogen-bond acceptors (Lipinski definition) is 5. The number of non-ortho nitro benzene ring substituents is 1. The molecule has 1 atom stereocenters. The molecule has 0 aromatic heterocycles. The van der Waals surface area contributed by atoms with Crippen molar-refractivity contribution in [2.24, 2.45) is 5.92 Å². The van der Waals surface area contributed by atoms with Gasteiger partial charge in [0.2, 0.25) is 5.91 Å². The van der Waals surface area contributed by atoms with Gasteiger partial charge in [-0.3, -0.25) is 19.7 Å². The largest absolute Gasteiger partial charge is 0.341 e. The van der Waals surface area contributed by atoms with Gasteiger partial charge in [0.25, 0.3) is 11.6 Å². The molecule has 0 spiro atoms. The van der Waals surface area contributed by atoms with E-state index in [-0.39, 0.29) is 23.7 Å². The van der Waals surface area contributed by atoms with Crippen LogP contribution in [0.4, 0.5) is 5.69 Å². The SMILES string of the molecule is CC(C)CC(NC(=O)c1cccc([N+](=O)[O-])c1)C(=O)NCC#N. The minimum atomic E-state index is -0.810. The number of nitriles is 1. The molecule has 0 heterocycles. The van der Waals surface area contributed by atoms with Crippen LogP contribution in [0.3, 0.4) is 0 Å². The second-order valence-corrected chi connectivity index (χ2v) is 5.34. The molecule has 1 aromatic carbocycles. The fourth-order valence-corrected chi connectivity index (χ4v) is 1.96. The molecule has 23 heavy (non-hydrogen) atoms. The molecule has 1 rings (SSSR count). The van der Waals surface area contributed by atoms with E-state index in [1.807, 2.05) is 13.8 Å². The van der Waals surface area contributed by atoms with Gasteiger partial charge >= 0.3 is 0 Å². The standard InChI is InChI=1S/C15H18N4O4/c1-10(2)8-13(15(21)17-7-6-16)18-14(20)11-4-3-5-12(9-11)19(22)23/h3-5,9-10,13H,7-8H2,1-2H3,(H,17,21)(H,18,20). The van der Waals surface area contributed by atoms with E-state index in [0.717, 1.165) is 6.07 Å². The Morgan fingerprint density at radius 2 is 2.09 bits per heavy atom. The first kappa shape index (κ1) is 18.1. The van der Waals surface area contributed by atoms with Crippen LogP contribution in [0.25, 0.3) is 0 Å². The van der Waals surface area contributed by atoms with E-state index in [0.29, 0.717) is 6.42 Å². The molecule has 0 aliphatic carbocycles. The Morgan fingerprint density at radius 3 is 2.65 bits per heavy atom. The number of carbonyl (C=O) groups is 2. The average molecular weight is 318 g/mol. The van der Waals surface area contributed by atoms with Crippen LogP contribution >= 0.6 is 0 Å². The molecule has 8 nitrogen and oxygen atoms in total. The number of nitrogens with zero attached hydrogens (tertiary/aromatic N) is 2. The van der Waals surface area contributed by atoms with Crippen LogP contribution in [-0.2, 0) is 4.79 Å². The zero-order valence-electron chi connectivity index (χ0n) is 12.9. The van der Waals surface area contributed by atoms with E-state index in [1.165, 1.54) is 18.2 Å². The third-order valence-electron chi connectivity index (χ3n) is 2.99. The highest BCUT2D eigenvalue weighted by molar-refractivity contribution is 5.98. The number of nitro benzene ring substituents is 1. The molecule has 1 aromatic rings. The topological polar surface area (TPSA) is 125 Å². The van der Waals surface area contributed by atoms with Gasteiger partial charge in [-0.25, -0.2) is 0 Å². The van der Waals surface area contributed by atoms with Gasteiger partial charge in [0.1, 0.15) is 12.6 Å². The van der Waals surface area contributed by atoms with E-state index in [1.54, 1.807) is 6.07 Å². The lowest BCUT2D eigenvalue weighted by Gasteiger charge is -2.19. The van der Waals surface area contributed by atoms with Crippen LogP contribution in [0.15, 0.2) is 24.3 Å². The van der Waals surface area contributed by atoms with Gasteiger partial charge in [-0.05, 0) is 18.4 Å². The van der Waals surface area contributed by atoms with Gasteiger partial charge in [0, 0.05) is 17.7 Å². The molecule has 2 amide bonds. The molecule has 1 unspecified atom stereocenters. The van der Waals surface area contributed by atoms with E-state index in [2.05, 4.69) is 10.6 Å². The lowest BCUT2D eigenvalue weighted by atomic mass is 10.0. The van der Waals surface area contributed by atoms with Crippen LogP contribution in [0, 0.1) is 27.4 Å². The summed E-state index contributed by atoms with van der Waals surface area (Å²) in [6.07, 6.45) is 0.387. The Bertz CT molecular complexity index is 637. The number of benzene rings is 1. The normalized spacial score (nSPS) is 11.4. The first-order chi connectivity index (χ1) is 10.8. The summed E-state index contributed by atoms with van der Waals surface area (Å²) in [4.78, 5) is 34.4. The Morgan fingerprint density at radius 1 is 1.39 bits per heavy atom. The molecule has 0 saturated heterocycles. The molecule has 0 fully saturated rings. The molecule has 0 aliphatic rings. The van der Waals surface area contributed by atoms with Gasteiger partial charge in [0.15, 0.2) is 0 Å². The highest BCUT2D eigenvalue weighted by Gasteiger charge is 2.23. The Balaban J connectivity index is 2.88. The zero-order valence-corrected chi connectivity index (χ0v) is 12.9. The highest BCUT2D eigenvalue weighted by Crippen LogP contribution is 2.14. The first-order valence-electron chi connectivity index (χ1n) is 7.05. The summed E-state index contributed by atoms with van der Waals surface area (Å²) in [5.41, 5.74) is -0.104. The van der Waals surface area contributed by atoms with Gasteiger partial charge in [-0.1, -0.05) is 19.9 Å². The maximum Gasteiger partial charge on any atom is 0.270 e. The summed E-state index contributed by atoms with van der Waals surface area (Å²) in [5, 5.41) is 24.2. The highest BCUT2D eigenvalue weighted by atomic mass is 16.6. The van der Waals surface area contributed by atoms with E-state index in [9.17, 15) is 19.7 Å². The molecule has 0 radical (unpaired) electrons. The van der Waals surface area contributed by atoms with Crippen molar-refractivity contribution in [2.45, 2.75) is 26.3 Å². The number of rotatable bonds is 7. The fourth-order valence-electron chi connectivity index (χ4n) is 1.96. The van der Waals surface area contributed by atoms with Gasteiger partial charge < -0.3 is 10.6 Å². The predicted molar refractivity (Wildman–Crippen MR) is 82.4 cm³/mol. The van der Waals surface area contributed by atoms with Crippen molar-refractivity contribution in [2.75, 3.05) is 6.54 Å². The lowest BCUT2D eigenvalue weighted by Crippen LogP contribution is -2.47. The van der Waals surface area contributed by atoms with Crippen molar-refractivity contribution < 1.29 is 14.5 Å². The number of nitro groups is 1.